The monoisotopic (exact) mass is 337 g/mol. The molecular formula is C18H21ClFNS. The van der Waals surface area contributed by atoms with Gasteiger partial charge in [-0.2, -0.15) is 0 Å². The lowest BCUT2D eigenvalue weighted by atomic mass is 9.82. The molecule has 4 rings (SSSR count). The Morgan fingerprint density at radius 1 is 1.27 bits per heavy atom. The number of likely N-dealkylation sites (N-methyl/N-ethyl adjacent to an activating group) is 1. The average molecular weight is 338 g/mol. The molecule has 0 radical (unpaired) electrons. The second kappa shape index (κ2) is 6.31. The van der Waals surface area contributed by atoms with E-state index in [1.54, 1.807) is 34.6 Å². The SMILES string of the molecule is CNCC1=C(c2cc3ccc(F)cc3s2)C2CCC(C1)C2.Cl. The van der Waals surface area contributed by atoms with Crippen molar-refractivity contribution in [3.63, 3.8) is 0 Å². The minimum Gasteiger partial charge on any atom is -0.316 e. The molecule has 1 nitrogen and oxygen atoms in total. The van der Waals surface area contributed by atoms with Crippen molar-refractivity contribution in [3.8, 4) is 0 Å². The van der Waals surface area contributed by atoms with E-state index in [1.165, 1.54) is 35.9 Å². The van der Waals surface area contributed by atoms with Crippen LogP contribution in [0.1, 0.15) is 30.6 Å². The lowest BCUT2D eigenvalue weighted by Crippen LogP contribution is -2.18. The number of halogens is 2. The fourth-order valence-electron chi connectivity index (χ4n) is 4.16. The van der Waals surface area contributed by atoms with Gasteiger partial charge >= 0.3 is 0 Å². The summed E-state index contributed by atoms with van der Waals surface area (Å²) in [6.07, 6.45) is 5.30. The summed E-state index contributed by atoms with van der Waals surface area (Å²) in [5.41, 5.74) is 3.16. The van der Waals surface area contributed by atoms with E-state index >= 15 is 0 Å². The number of thiophene rings is 1. The smallest absolute Gasteiger partial charge is 0.124 e. The van der Waals surface area contributed by atoms with Crippen molar-refractivity contribution in [1.82, 2.24) is 5.32 Å². The molecule has 2 aliphatic carbocycles. The zero-order valence-electron chi connectivity index (χ0n) is 12.7. The van der Waals surface area contributed by atoms with Gasteiger partial charge in [-0.25, -0.2) is 4.39 Å². The van der Waals surface area contributed by atoms with Gasteiger partial charge in [0.05, 0.1) is 0 Å². The predicted octanol–water partition coefficient (Wildman–Crippen LogP) is 5.26. The molecule has 1 fully saturated rings. The van der Waals surface area contributed by atoms with Gasteiger partial charge in [0.1, 0.15) is 5.82 Å². The molecule has 1 heterocycles. The summed E-state index contributed by atoms with van der Waals surface area (Å²) in [5.74, 6) is 1.49. The Kier molecular flexibility index (Phi) is 4.58. The Hall–Kier alpha value is -0.900. The highest BCUT2D eigenvalue weighted by molar-refractivity contribution is 7.20. The van der Waals surface area contributed by atoms with E-state index in [4.69, 9.17) is 0 Å². The van der Waals surface area contributed by atoms with Crippen molar-refractivity contribution in [2.75, 3.05) is 13.6 Å². The third kappa shape index (κ3) is 2.70. The summed E-state index contributed by atoms with van der Waals surface area (Å²) < 4.78 is 14.5. The molecule has 2 aromatic rings. The van der Waals surface area contributed by atoms with E-state index in [0.29, 0.717) is 0 Å². The molecule has 1 aromatic carbocycles. The van der Waals surface area contributed by atoms with Crippen LogP contribution in [0.5, 0.6) is 0 Å². The van der Waals surface area contributed by atoms with Crippen LogP contribution in [0.2, 0.25) is 0 Å². The second-order valence-electron chi connectivity index (χ2n) is 6.42. The first-order valence-electron chi connectivity index (χ1n) is 7.80. The number of hydrogen-bond donors (Lipinski definition) is 1. The largest absolute Gasteiger partial charge is 0.316 e. The van der Waals surface area contributed by atoms with Crippen LogP contribution in [-0.2, 0) is 0 Å². The van der Waals surface area contributed by atoms with Crippen LogP contribution in [0.15, 0.2) is 29.8 Å². The van der Waals surface area contributed by atoms with Crippen LogP contribution >= 0.6 is 23.7 Å². The van der Waals surface area contributed by atoms with Gasteiger partial charge in [-0.05, 0) is 73.7 Å². The summed E-state index contributed by atoms with van der Waals surface area (Å²) in [5, 5.41) is 4.51. The fraction of sp³-hybridized carbons (Fsp3) is 0.444. The van der Waals surface area contributed by atoms with Crippen molar-refractivity contribution in [1.29, 1.82) is 0 Å². The zero-order valence-corrected chi connectivity index (χ0v) is 14.3. The summed E-state index contributed by atoms with van der Waals surface area (Å²) in [4.78, 5) is 1.37. The van der Waals surface area contributed by atoms with Crippen molar-refractivity contribution < 1.29 is 4.39 Å². The molecule has 0 aliphatic heterocycles. The molecule has 118 valence electrons. The molecule has 2 aliphatic rings. The molecule has 2 unspecified atom stereocenters. The van der Waals surface area contributed by atoms with Crippen LogP contribution < -0.4 is 5.32 Å². The predicted molar refractivity (Wildman–Crippen MR) is 95.3 cm³/mol. The number of rotatable bonds is 3. The van der Waals surface area contributed by atoms with Gasteiger partial charge in [-0.3, -0.25) is 0 Å². The molecule has 0 amide bonds. The van der Waals surface area contributed by atoms with E-state index in [0.717, 1.165) is 23.1 Å². The molecule has 22 heavy (non-hydrogen) atoms. The zero-order chi connectivity index (χ0) is 14.4. The summed E-state index contributed by atoms with van der Waals surface area (Å²) in [6.45, 7) is 0.991. The Morgan fingerprint density at radius 2 is 2.14 bits per heavy atom. The molecule has 4 heteroatoms. The highest BCUT2D eigenvalue weighted by Gasteiger charge is 2.35. The van der Waals surface area contributed by atoms with Gasteiger partial charge in [0.15, 0.2) is 0 Å². The second-order valence-corrected chi connectivity index (χ2v) is 7.50. The van der Waals surface area contributed by atoms with E-state index in [-0.39, 0.29) is 18.2 Å². The Balaban J connectivity index is 0.00000144. The quantitative estimate of drug-likeness (QED) is 0.806. The van der Waals surface area contributed by atoms with Crippen LogP contribution in [0.3, 0.4) is 0 Å². The molecule has 1 saturated carbocycles. The first kappa shape index (κ1) is 16.0. The topological polar surface area (TPSA) is 12.0 Å². The Labute approximate surface area is 141 Å². The van der Waals surface area contributed by atoms with Crippen LogP contribution in [0, 0.1) is 17.7 Å². The van der Waals surface area contributed by atoms with Crippen LogP contribution in [0.25, 0.3) is 15.7 Å². The molecule has 0 saturated heterocycles. The number of nitrogens with one attached hydrogen (secondary N) is 1. The number of allylic oxidation sites excluding steroid dienone is 1. The average Bonchev–Trinajstić information content (AvgIpc) is 3.03. The van der Waals surface area contributed by atoms with Crippen LogP contribution in [-0.4, -0.2) is 13.6 Å². The lowest BCUT2D eigenvalue weighted by Gasteiger charge is -2.26. The van der Waals surface area contributed by atoms with Gasteiger partial charge < -0.3 is 5.32 Å². The van der Waals surface area contributed by atoms with Crippen molar-refractivity contribution in [2.45, 2.75) is 25.7 Å². The first-order valence-corrected chi connectivity index (χ1v) is 8.62. The van der Waals surface area contributed by atoms with Gasteiger partial charge in [0, 0.05) is 16.1 Å². The normalized spacial score (nSPS) is 23.9. The molecule has 1 N–H and O–H groups in total. The van der Waals surface area contributed by atoms with Gasteiger partial charge in [-0.15, -0.1) is 23.7 Å². The van der Waals surface area contributed by atoms with Gasteiger partial charge in [0.2, 0.25) is 0 Å². The summed E-state index contributed by atoms with van der Waals surface area (Å²) in [6, 6.07) is 7.41. The maximum Gasteiger partial charge on any atom is 0.124 e. The number of hydrogen-bond acceptors (Lipinski definition) is 2. The summed E-state index contributed by atoms with van der Waals surface area (Å²) >= 11 is 1.76. The van der Waals surface area contributed by atoms with Gasteiger partial charge in [0.25, 0.3) is 0 Å². The van der Waals surface area contributed by atoms with Crippen molar-refractivity contribution in [3.05, 3.63) is 40.5 Å². The molecule has 0 spiro atoms. The maximum atomic E-state index is 13.4. The van der Waals surface area contributed by atoms with E-state index in [1.807, 2.05) is 13.1 Å². The molecule has 1 aromatic heterocycles. The highest BCUT2D eigenvalue weighted by atomic mass is 35.5. The third-order valence-electron chi connectivity index (χ3n) is 5.00. The fourth-order valence-corrected chi connectivity index (χ4v) is 5.42. The summed E-state index contributed by atoms with van der Waals surface area (Å²) in [7, 11) is 2.03. The first-order chi connectivity index (χ1) is 10.2. The van der Waals surface area contributed by atoms with E-state index in [9.17, 15) is 4.39 Å². The van der Waals surface area contributed by atoms with Crippen molar-refractivity contribution >= 4 is 39.4 Å². The van der Waals surface area contributed by atoms with E-state index < -0.39 is 0 Å². The standard InChI is InChI=1S/C18H20FNS.ClH/c1-20-10-14-7-11-2-3-13(6-11)18(14)17-8-12-4-5-15(19)9-16(12)21-17;/h4-5,8-9,11,13,20H,2-3,6-7,10H2,1H3;1H. The minimum atomic E-state index is -0.134. The minimum absolute atomic E-state index is 0. The molecule has 2 bridgehead atoms. The molecule has 2 atom stereocenters. The van der Waals surface area contributed by atoms with E-state index in [2.05, 4.69) is 11.4 Å². The number of fused-ring (bicyclic) bond motifs is 3. The molecular weight excluding hydrogens is 317 g/mol. The maximum absolute atomic E-state index is 13.4. The van der Waals surface area contributed by atoms with Crippen LogP contribution in [0.4, 0.5) is 4.39 Å². The Bertz CT molecular complexity index is 721. The number of benzene rings is 1. The highest BCUT2D eigenvalue weighted by Crippen LogP contribution is 2.50. The van der Waals surface area contributed by atoms with Gasteiger partial charge in [-0.1, -0.05) is 11.6 Å². The van der Waals surface area contributed by atoms with Crippen molar-refractivity contribution in [2.24, 2.45) is 11.8 Å². The third-order valence-corrected chi connectivity index (χ3v) is 6.13. The lowest BCUT2D eigenvalue weighted by molar-refractivity contribution is 0.503. The Morgan fingerprint density at radius 3 is 2.95 bits per heavy atom.